The van der Waals surface area contributed by atoms with Crippen LogP contribution in [0, 0.1) is 5.82 Å². The molecule has 0 heterocycles. The minimum atomic E-state index is -0.809. The number of phenols is 1. The van der Waals surface area contributed by atoms with Crippen molar-refractivity contribution in [3.8, 4) is 5.75 Å². The van der Waals surface area contributed by atoms with E-state index in [0.717, 1.165) is 31.4 Å². The third kappa shape index (κ3) is 7.11. The Hall–Kier alpha value is -1.58. The van der Waals surface area contributed by atoms with Crippen molar-refractivity contribution in [3.63, 3.8) is 0 Å². The lowest BCUT2D eigenvalue weighted by Crippen LogP contribution is -2.06. The van der Waals surface area contributed by atoms with Gasteiger partial charge in [-0.1, -0.05) is 51.9 Å². The van der Waals surface area contributed by atoms with Crippen molar-refractivity contribution >= 4 is 5.97 Å². The Bertz CT molecular complexity index is 432. The van der Waals surface area contributed by atoms with Crippen LogP contribution in [0.4, 0.5) is 4.39 Å². The van der Waals surface area contributed by atoms with E-state index < -0.39 is 17.5 Å². The summed E-state index contributed by atoms with van der Waals surface area (Å²) in [6.07, 6.45) is 9.42. The summed E-state index contributed by atoms with van der Waals surface area (Å²) < 4.78 is 18.2. The van der Waals surface area contributed by atoms with E-state index in [0.29, 0.717) is 6.61 Å². The van der Waals surface area contributed by atoms with Gasteiger partial charge < -0.3 is 9.84 Å². The highest BCUT2D eigenvalue weighted by Gasteiger charge is 2.10. The van der Waals surface area contributed by atoms with Crippen molar-refractivity contribution in [1.82, 2.24) is 0 Å². The van der Waals surface area contributed by atoms with Crippen molar-refractivity contribution < 1.29 is 19.0 Å². The molecule has 0 saturated heterocycles. The van der Waals surface area contributed by atoms with Gasteiger partial charge in [0, 0.05) is 0 Å². The molecule has 0 atom stereocenters. The van der Waals surface area contributed by atoms with Gasteiger partial charge in [0.1, 0.15) is 0 Å². The van der Waals surface area contributed by atoms with Crippen LogP contribution in [0.2, 0.25) is 0 Å². The first kappa shape index (κ1) is 17.5. The van der Waals surface area contributed by atoms with Crippen LogP contribution < -0.4 is 0 Å². The maximum atomic E-state index is 13.1. The third-order valence-corrected chi connectivity index (χ3v) is 3.41. The number of phenolic OH excluding ortho intramolecular Hbond substituents is 1. The molecule has 0 saturated carbocycles. The molecule has 0 aliphatic carbocycles. The molecule has 0 amide bonds. The smallest absolute Gasteiger partial charge is 0.338 e. The van der Waals surface area contributed by atoms with Gasteiger partial charge in [0.25, 0.3) is 0 Å². The SMILES string of the molecule is CCCCCCCCCCOC(=O)c1ccc(O)c(F)c1. The number of hydrogen-bond acceptors (Lipinski definition) is 3. The minimum Gasteiger partial charge on any atom is -0.505 e. The Morgan fingerprint density at radius 1 is 1.10 bits per heavy atom. The molecule has 0 spiro atoms. The standard InChI is InChI=1S/C17H25FO3/c1-2-3-4-5-6-7-8-9-12-21-17(20)14-10-11-16(19)15(18)13-14/h10-11,13,19H,2-9,12H2,1H3. The number of carbonyl (C=O) groups excluding carboxylic acids is 1. The summed E-state index contributed by atoms with van der Waals surface area (Å²) in [4.78, 5) is 11.6. The Morgan fingerprint density at radius 3 is 2.33 bits per heavy atom. The lowest BCUT2D eigenvalue weighted by molar-refractivity contribution is 0.0497. The number of benzene rings is 1. The molecule has 0 fully saturated rings. The summed E-state index contributed by atoms with van der Waals surface area (Å²) in [6, 6.07) is 3.50. The van der Waals surface area contributed by atoms with E-state index in [-0.39, 0.29) is 5.56 Å². The van der Waals surface area contributed by atoms with Crippen LogP contribution in [-0.2, 0) is 4.74 Å². The van der Waals surface area contributed by atoms with Crippen LogP contribution in [0.5, 0.6) is 5.75 Å². The molecule has 3 nitrogen and oxygen atoms in total. The second kappa shape index (κ2) is 10.2. The van der Waals surface area contributed by atoms with Crippen LogP contribution >= 0.6 is 0 Å². The molecule has 0 radical (unpaired) electrons. The van der Waals surface area contributed by atoms with E-state index in [1.165, 1.54) is 38.2 Å². The van der Waals surface area contributed by atoms with E-state index >= 15 is 0 Å². The number of aromatic hydroxyl groups is 1. The van der Waals surface area contributed by atoms with Gasteiger partial charge in [-0.25, -0.2) is 9.18 Å². The molecule has 21 heavy (non-hydrogen) atoms. The normalized spacial score (nSPS) is 10.6. The number of unbranched alkanes of at least 4 members (excludes halogenated alkanes) is 7. The van der Waals surface area contributed by atoms with Crippen LogP contribution in [0.1, 0.15) is 68.6 Å². The summed E-state index contributed by atoms with van der Waals surface area (Å²) in [5.74, 6) is -1.82. The lowest BCUT2D eigenvalue weighted by Gasteiger charge is -2.05. The number of hydrogen-bond donors (Lipinski definition) is 1. The fourth-order valence-electron chi connectivity index (χ4n) is 2.12. The monoisotopic (exact) mass is 296 g/mol. The molecule has 0 aromatic heterocycles. The largest absolute Gasteiger partial charge is 0.505 e. The summed E-state index contributed by atoms with van der Waals surface area (Å²) >= 11 is 0. The van der Waals surface area contributed by atoms with Crippen molar-refractivity contribution in [1.29, 1.82) is 0 Å². The molecule has 1 rings (SSSR count). The number of halogens is 1. The van der Waals surface area contributed by atoms with Gasteiger partial charge >= 0.3 is 5.97 Å². The van der Waals surface area contributed by atoms with Crippen molar-refractivity contribution in [3.05, 3.63) is 29.6 Å². The van der Waals surface area contributed by atoms with Crippen molar-refractivity contribution in [2.75, 3.05) is 6.61 Å². The maximum absolute atomic E-state index is 13.1. The number of carbonyl (C=O) groups is 1. The van der Waals surface area contributed by atoms with Gasteiger partial charge in [-0.15, -0.1) is 0 Å². The summed E-state index contributed by atoms with van der Waals surface area (Å²) in [5.41, 5.74) is 0.130. The average Bonchev–Trinajstić information content (AvgIpc) is 2.48. The fourth-order valence-corrected chi connectivity index (χ4v) is 2.12. The van der Waals surface area contributed by atoms with E-state index in [2.05, 4.69) is 6.92 Å². The Morgan fingerprint density at radius 2 is 1.71 bits per heavy atom. The fraction of sp³-hybridized carbons (Fsp3) is 0.588. The Labute approximate surface area is 126 Å². The third-order valence-electron chi connectivity index (χ3n) is 3.41. The highest BCUT2D eigenvalue weighted by Crippen LogP contribution is 2.17. The molecular formula is C17H25FO3. The van der Waals surface area contributed by atoms with E-state index in [4.69, 9.17) is 9.84 Å². The Balaban J connectivity index is 2.09. The summed E-state index contributed by atoms with van der Waals surface area (Å²) in [6.45, 7) is 2.56. The topological polar surface area (TPSA) is 46.5 Å². The molecule has 0 bridgehead atoms. The zero-order valence-corrected chi connectivity index (χ0v) is 12.7. The second-order valence-corrected chi connectivity index (χ2v) is 5.28. The van der Waals surface area contributed by atoms with Gasteiger partial charge in [0.2, 0.25) is 0 Å². The molecular weight excluding hydrogens is 271 g/mol. The van der Waals surface area contributed by atoms with E-state index in [1.807, 2.05) is 0 Å². The van der Waals surface area contributed by atoms with Crippen LogP contribution in [-0.4, -0.2) is 17.7 Å². The number of rotatable bonds is 10. The highest BCUT2D eigenvalue weighted by atomic mass is 19.1. The van der Waals surface area contributed by atoms with Gasteiger partial charge in [-0.05, 0) is 24.6 Å². The molecule has 118 valence electrons. The quantitative estimate of drug-likeness (QED) is 0.497. The molecule has 0 aliphatic rings. The zero-order valence-electron chi connectivity index (χ0n) is 12.7. The first-order valence-electron chi connectivity index (χ1n) is 7.80. The number of ether oxygens (including phenoxy) is 1. The predicted octanol–water partition coefficient (Wildman–Crippen LogP) is 4.83. The van der Waals surface area contributed by atoms with E-state index in [9.17, 15) is 9.18 Å². The van der Waals surface area contributed by atoms with E-state index in [1.54, 1.807) is 0 Å². The number of esters is 1. The second-order valence-electron chi connectivity index (χ2n) is 5.28. The first-order valence-corrected chi connectivity index (χ1v) is 7.80. The highest BCUT2D eigenvalue weighted by molar-refractivity contribution is 5.89. The van der Waals surface area contributed by atoms with Gasteiger partial charge in [0.05, 0.1) is 12.2 Å². The average molecular weight is 296 g/mol. The minimum absolute atomic E-state index is 0.130. The molecule has 0 aliphatic heterocycles. The lowest BCUT2D eigenvalue weighted by atomic mass is 10.1. The molecule has 0 unspecified atom stereocenters. The molecule has 1 aromatic carbocycles. The van der Waals surface area contributed by atoms with Crippen molar-refractivity contribution in [2.24, 2.45) is 0 Å². The van der Waals surface area contributed by atoms with Gasteiger partial charge in [-0.2, -0.15) is 0 Å². The summed E-state index contributed by atoms with van der Waals surface area (Å²) in [5, 5.41) is 9.05. The zero-order chi connectivity index (χ0) is 15.5. The van der Waals surface area contributed by atoms with Crippen LogP contribution in [0.15, 0.2) is 18.2 Å². The van der Waals surface area contributed by atoms with Gasteiger partial charge in [0.15, 0.2) is 11.6 Å². The van der Waals surface area contributed by atoms with Crippen molar-refractivity contribution in [2.45, 2.75) is 58.3 Å². The first-order chi connectivity index (χ1) is 10.1. The maximum Gasteiger partial charge on any atom is 0.338 e. The Kier molecular flexibility index (Phi) is 8.48. The molecule has 1 N–H and O–H groups in total. The predicted molar refractivity (Wildman–Crippen MR) is 81.0 cm³/mol. The van der Waals surface area contributed by atoms with Gasteiger partial charge in [-0.3, -0.25) is 0 Å². The molecule has 1 aromatic rings. The molecule has 4 heteroatoms. The van der Waals surface area contributed by atoms with Crippen LogP contribution in [0.25, 0.3) is 0 Å². The summed E-state index contributed by atoms with van der Waals surface area (Å²) in [7, 11) is 0. The van der Waals surface area contributed by atoms with Crippen LogP contribution in [0.3, 0.4) is 0 Å².